The molecular formula is C24H32FN5O2. The normalized spacial score (nSPS) is 19.0. The molecule has 32 heavy (non-hydrogen) atoms. The Morgan fingerprint density at radius 3 is 2.75 bits per heavy atom. The summed E-state index contributed by atoms with van der Waals surface area (Å²) in [6.07, 6.45) is 2.24. The van der Waals surface area contributed by atoms with Crippen molar-refractivity contribution in [1.29, 1.82) is 0 Å². The molecule has 1 saturated heterocycles. The number of hydrogen-bond acceptors (Lipinski definition) is 4. The zero-order valence-corrected chi connectivity index (χ0v) is 19.0. The zero-order valence-electron chi connectivity index (χ0n) is 19.0. The van der Waals surface area contributed by atoms with Crippen LogP contribution < -0.4 is 5.32 Å². The lowest BCUT2D eigenvalue weighted by molar-refractivity contribution is -0.128. The van der Waals surface area contributed by atoms with Crippen molar-refractivity contribution >= 4 is 11.9 Å². The second-order valence-corrected chi connectivity index (χ2v) is 7.95. The fourth-order valence-electron chi connectivity index (χ4n) is 3.63. The molecule has 0 radical (unpaired) electrons. The summed E-state index contributed by atoms with van der Waals surface area (Å²) in [4.78, 5) is 25.3. The topological polar surface area (TPSA) is 70.1 Å². The molecule has 1 aromatic heterocycles. The first-order chi connectivity index (χ1) is 15.5. The fraction of sp³-hybridized carbons (Fsp3) is 0.458. The Balaban J connectivity index is 1.62. The zero-order chi connectivity index (χ0) is 22.9. The standard InChI is InChI=1S/C24H32FN5O2/c1-4-26-24(28-15-23(31)29(3)14-12-21-7-5-6-13-27-21)30-16-18(2)32-22(17-30)19-8-10-20(25)11-9-19/h5-11,13,18,22H,4,12,14-17H2,1-3H3,(H,26,28). The van der Waals surface area contributed by atoms with Gasteiger partial charge in [0, 0.05) is 45.0 Å². The van der Waals surface area contributed by atoms with Gasteiger partial charge in [0.1, 0.15) is 18.5 Å². The number of carbonyl (C=O) groups excluding carboxylic acids is 1. The molecule has 2 aromatic rings. The van der Waals surface area contributed by atoms with Crippen LogP contribution in [-0.2, 0) is 16.0 Å². The van der Waals surface area contributed by atoms with Crippen molar-refractivity contribution in [3.63, 3.8) is 0 Å². The molecule has 2 heterocycles. The molecule has 1 aromatic carbocycles. The van der Waals surface area contributed by atoms with Crippen LogP contribution >= 0.6 is 0 Å². The van der Waals surface area contributed by atoms with E-state index >= 15 is 0 Å². The number of nitrogens with zero attached hydrogens (tertiary/aromatic N) is 4. The molecule has 0 aliphatic carbocycles. The van der Waals surface area contributed by atoms with E-state index in [0.717, 1.165) is 11.3 Å². The van der Waals surface area contributed by atoms with Crippen LogP contribution in [0.5, 0.6) is 0 Å². The smallest absolute Gasteiger partial charge is 0.244 e. The lowest BCUT2D eigenvalue weighted by atomic mass is 10.1. The number of halogens is 1. The number of aromatic nitrogens is 1. The van der Waals surface area contributed by atoms with E-state index in [1.807, 2.05) is 32.0 Å². The number of nitrogens with one attached hydrogen (secondary N) is 1. The fourth-order valence-corrected chi connectivity index (χ4v) is 3.63. The summed E-state index contributed by atoms with van der Waals surface area (Å²) >= 11 is 0. The summed E-state index contributed by atoms with van der Waals surface area (Å²) in [6.45, 7) is 6.58. The molecule has 0 bridgehead atoms. The minimum atomic E-state index is -0.268. The molecule has 2 atom stereocenters. The quantitative estimate of drug-likeness (QED) is 0.529. The number of benzene rings is 1. The van der Waals surface area contributed by atoms with Gasteiger partial charge in [0.2, 0.25) is 5.91 Å². The number of amides is 1. The summed E-state index contributed by atoms with van der Waals surface area (Å²) in [5.41, 5.74) is 1.88. The first kappa shape index (κ1) is 23.7. The Labute approximate surface area is 189 Å². The summed E-state index contributed by atoms with van der Waals surface area (Å²) in [7, 11) is 1.79. The van der Waals surface area contributed by atoms with Gasteiger partial charge in [-0.1, -0.05) is 18.2 Å². The number of guanidine groups is 1. The Hall–Kier alpha value is -3.00. The van der Waals surface area contributed by atoms with Crippen LogP contribution in [0.1, 0.15) is 31.2 Å². The third kappa shape index (κ3) is 6.75. The first-order valence-corrected chi connectivity index (χ1v) is 11.0. The van der Waals surface area contributed by atoms with Crippen LogP contribution in [0.4, 0.5) is 4.39 Å². The summed E-state index contributed by atoms with van der Waals surface area (Å²) in [5.74, 6) is 0.365. The summed E-state index contributed by atoms with van der Waals surface area (Å²) in [6, 6.07) is 12.2. The van der Waals surface area contributed by atoms with E-state index in [2.05, 4.69) is 20.2 Å². The van der Waals surface area contributed by atoms with Crippen LogP contribution in [0.15, 0.2) is 53.7 Å². The van der Waals surface area contributed by atoms with Gasteiger partial charge in [-0.3, -0.25) is 9.78 Å². The Morgan fingerprint density at radius 2 is 2.06 bits per heavy atom. The molecule has 1 fully saturated rings. The third-order valence-corrected chi connectivity index (χ3v) is 5.36. The number of rotatable bonds is 7. The van der Waals surface area contributed by atoms with Crippen LogP contribution in [0.2, 0.25) is 0 Å². The largest absolute Gasteiger partial charge is 0.367 e. The monoisotopic (exact) mass is 441 g/mol. The number of hydrogen-bond donors (Lipinski definition) is 1. The molecule has 1 amide bonds. The SMILES string of the molecule is CCNC(=NCC(=O)N(C)CCc1ccccn1)N1CC(C)OC(c2ccc(F)cc2)C1. The predicted molar refractivity (Wildman–Crippen MR) is 123 cm³/mol. The van der Waals surface area contributed by atoms with Crippen molar-refractivity contribution in [3.8, 4) is 0 Å². The average Bonchev–Trinajstić information content (AvgIpc) is 2.80. The Kier molecular flexibility index (Phi) is 8.56. The lowest BCUT2D eigenvalue weighted by Gasteiger charge is -2.38. The van der Waals surface area contributed by atoms with Crippen LogP contribution in [-0.4, -0.2) is 72.5 Å². The third-order valence-electron chi connectivity index (χ3n) is 5.36. The lowest BCUT2D eigenvalue weighted by Crippen LogP contribution is -2.51. The van der Waals surface area contributed by atoms with Gasteiger partial charge in [0.05, 0.1) is 12.6 Å². The van der Waals surface area contributed by atoms with E-state index in [0.29, 0.717) is 38.6 Å². The molecular weight excluding hydrogens is 409 g/mol. The van der Waals surface area contributed by atoms with E-state index in [4.69, 9.17) is 4.74 Å². The summed E-state index contributed by atoms with van der Waals surface area (Å²) in [5, 5.41) is 3.29. The van der Waals surface area contributed by atoms with Crippen LogP contribution in [0.3, 0.4) is 0 Å². The van der Waals surface area contributed by atoms with Crippen LogP contribution in [0, 0.1) is 5.82 Å². The minimum Gasteiger partial charge on any atom is -0.367 e. The van der Waals surface area contributed by atoms with Crippen molar-refractivity contribution in [1.82, 2.24) is 20.1 Å². The number of morpholine rings is 1. The second-order valence-electron chi connectivity index (χ2n) is 7.95. The Morgan fingerprint density at radius 1 is 1.28 bits per heavy atom. The number of pyridine rings is 1. The van der Waals surface area contributed by atoms with Crippen molar-refractivity contribution in [2.24, 2.45) is 4.99 Å². The maximum absolute atomic E-state index is 13.3. The number of aliphatic imine (C=N–C) groups is 1. The summed E-state index contributed by atoms with van der Waals surface area (Å²) < 4.78 is 19.4. The highest BCUT2D eigenvalue weighted by molar-refractivity contribution is 5.85. The van der Waals surface area contributed by atoms with Gasteiger partial charge in [0.25, 0.3) is 0 Å². The molecule has 0 saturated carbocycles. The van der Waals surface area contributed by atoms with Crippen molar-refractivity contribution in [2.75, 3.05) is 39.8 Å². The molecule has 0 spiro atoms. The maximum Gasteiger partial charge on any atom is 0.244 e. The number of likely N-dealkylation sites (N-methyl/N-ethyl adjacent to an activating group) is 1. The molecule has 1 N–H and O–H groups in total. The molecule has 2 unspecified atom stereocenters. The van der Waals surface area contributed by atoms with Crippen LogP contribution in [0.25, 0.3) is 0 Å². The Bertz CT molecular complexity index is 891. The highest BCUT2D eigenvalue weighted by Gasteiger charge is 2.28. The predicted octanol–water partition coefficient (Wildman–Crippen LogP) is 2.65. The van der Waals surface area contributed by atoms with E-state index in [9.17, 15) is 9.18 Å². The molecule has 1 aliphatic rings. The van der Waals surface area contributed by atoms with Crippen molar-refractivity contribution in [2.45, 2.75) is 32.5 Å². The molecule has 172 valence electrons. The molecule has 1 aliphatic heterocycles. The van der Waals surface area contributed by atoms with Gasteiger partial charge in [0.15, 0.2) is 5.96 Å². The molecule has 7 nitrogen and oxygen atoms in total. The second kappa shape index (κ2) is 11.6. The molecule has 3 rings (SSSR count). The number of ether oxygens (including phenoxy) is 1. The average molecular weight is 442 g/mol. The van der Waals surface area contributed by atoms with E-state index in [1.54, 1.807) is 30.3 Å². The van der Waals surface area contributed by atoms with Gasteiger partial charge in [-0.2, -0.15) is 0 Å². The van der Waals surface area contributed by atoms with E-state index < -0.39 is 0 Å². The number of carbonyl (C=O) groups is 1. The van der Waals surface area contributed by atoms with Gasteiger partial charge in [-0.05, 0) is 43.7 Å². The highest BCUT2D eigenvalue weighted by Crippen LogP contribution is 2.25. The van der Waals surface area contributed by atoms with Gasteiger partial charge >= 0.3 is 0 Å². The van der Waals surface area contributed by atoms with Gasteiger partial charge in [-0.25, -0.2) is 9.38 Å². The van der Waals surface area contributed by atoms with Gasteiger partial charge in [-0.15, -0.1) is 0 Å². The first-order valence-electron chi connectivity index (χ1n) is 11.0. The van der Waals surface area contributed by atoms with E-state index in [1.165, 1.54) is 12.1 Å². The van der Waals surface area contributed by atoms with Crippen molar-refractivity contribution < 1.29 is 13.9 Å². The molecule has 8 heteroatoms. The minimum absolute atomic E-state index is 0.0283. The van der Waals surface area contributed by atoms with E-state index in [-0.39, 0.29) is 30.5 Å². The van der Waals surface area contributed by atoms with Gasteiger partial charge < -0.3 is 19.9 Å². The maximum atomic E-state index is 13.3. The highest BCUT2D eigenvalue weighted by atomic mass is 19.1. The van der Waals surface area contributed by atoms with Crippen molar-refractivity contribution in [3.05, 3.63) is 65.7 Å².